The van der Waals surface area contributed by atoms with Crippen LogP contribution in [-0.4, -0.2) is 89.7 Å². The molecule has 4 heterocycles. The van der Waals surface area contributed by atoms with E-state index in [4.69, 9.17) is 9.47 Å². The molecule has 5 aromatic rings. The van der Waals surface area contributed by atoms with E-state index in [1.807, 2.05) is 0 Å². The van der Waals surface area contributed by atoms with Crippen LogP contribution in [-0.2, 0) is 10.0 Å². The highest BCUT2D eigenvalue weighted by atomic mass is 32.2. The van der Waals surface area contributed by atoms with Crippen molar-refractivity contribution in [2.75, 3.05) is 42.9 Å². The Morgan fingerprint density at radius 3 is 2.43 bits per heavy atom. The fourth-order valence-electron chi connectivity index (χ4n) is 11.2. The van der Waals surface area contributed by atoms with Crippen LogP contribution in [0.25, 0.3) is 11.0 Å². The number of sulfonamides is 1. The fourth-order valence-corrected chi connectivity index (χ4v) is 12.1. The molecule has 3 aromatic carbocycles. The van der Waals surface area contributed by atoms with Gasteiger partial charge in [-0.3, -0.25) is 19.8 Å². The van der Waals surface area contributed by atoms with Crippen molar-refractivity contribution in [1.29, 1.82) is 0 Å². The highest BCUT2D eigenvalue weighted by Crippen LogP contribution is 2.49. The molecule has 4 aliphatic rings. The number of pyridine rings is 1. The molecule has 2 atom stereocenters. The number of carbonyl (C=O) groups excluding carboxylic acids is 1. The number of piperidine rings is 1. The van der Waals surface area contributed by atoms with Crippen LogP contribution in [0.15, 0.2) is 77.8 Å². The Kier molecular flexibility index (Phi) is 13.4. The lowest BCUT2D eigenvalue weighted by atomic mass is 9.70. The summed E-state index contributed by atoms with van der Waals surface area (Å²) in [7, 11) is -4.67. The molecule has 2 aromatic heterocycles. The maximum Gasteiger partial charge on any atom is 0.293 e. The van der Waals surface area contributed by atoms with E-state index in [0.717, 1.165) is 63.6 Å². The second-order valence-electron chi connectivity index (χ2n) is 20.7. The van der Waals surface area contributed by atoms with Crippen molar-refractivity contribution in [3.63, 3.8) is 0 Å². The maximum atomic E-state index is 15.0. The van der Waals surface area contributed by atoms with Crippen molar-refractivity contribution < 1.29 is 37.1 Å². The van der Waals surface area contributed by atoms with Crippen molar-refractivity contribution in [2.45, 2.75) is 127 Å². The van der Waals surface area contributed by atoms with Crippen LogP contribution in [0.1, 0.15) is 126 Å². The number of carbonyl (C=O) groups is 1. The number of aromatic amines is 1. The molecule has 69 heavy (non-hydrogen) atoms. The van der Waals surface area contributed by atoms with Gasteiger partial charge in [0.1, 0.15) is 22.9 Å². The summed E-state index contributed by atoms with van der Waals surface area (Å²) in [5, 5.41) is 25.8. The number of ether oxygens (including phenoxy) is 2. The molecule has 4 fully saturated rings. The van der Waals surface area contributed by atoms with Gasteiger partial charge in [-0.2, -0.15) is 4.98 Å². The number of hydrogen-bond acceptors (Lipinski definition) is 12. The van der Waals surface area contributed by atoms with Gasteiger partial charge in [0.15, 0.2) is 5.75 Å². The van der Waals surface area contributed by atoms with Gasteiger partial charge in [0.25, 0.3) is 27.5 Å². The lowest BCUT2D eigenvalue weighted by molar-refractivity contribution is -0.384. The summed E-state index contributed by atoms with van der Waals surface area (Å²) in [5.41, 5.74) is 2.94. The first-order chi connectivity index (χ1) is 32.9. The van der Waals surface area contributed by atoms with Crippen molar-refractivity contribution in [3.8, 4) is 17.4 Å². The first-order valence-corrected chi connectivity index (χ1v) is 25.9. The van der Waals surface area contributed by atoms with Crippen LogP contribution >= 0.6 is 0 Å². The second kappa shape index (κ2) is 19.2. The highest BCUT2D eigenvalue weighted by Gasteiger charge is 2.49. The van der Waals surface area contributed by atoms with Crippen LogP contribution in [0.2, 0.25) is 0 Å². The zero-order chi connectivity index (χ0) is 48.8. The average molecular weight is 966 g/mol. The second-order valence-corrected chi connectivity index (χ2v) is 22.4. The van der Waals surface area contributed by atoms with E-state index < -0.39 is 42.9 Å². The Morgan fingerprint density at radius 1 is 0.986 bits per heavy atom. The maximum absolute atomic E-state index is 15.0. The minimum Gasteiger partial charge on any atom is -0.472 e. The van der Waals surface area contributed by atoms with Crippen molar-refractivity contribution in [1.82, 2.24) is 19.6 Å². The summed E-state index contributed by atoms with van der Waals surface area (Å²) < 4.78 is 57.3. The third kappa shape index (κ3) is 10.3. The summed E-state index contributed by atoms with van der Waals surface area (Å²) in [6.07, 6.45) is 9.15. The number of nitrogens with zero attached hydrogens (tertiary/aromatic N) is 4. The number of nitro benzene ring substituents is 1. The Hall–Kier alpha value is -5.78. The zero-order valence-corrected chi connectivity index (χ0v) is 40.9. The minimum absolute atomic E-state index is 0.00877. The lowest BCUT2D eigenvalue weighted by Gasteiger charge is -2.57. The first kappa shape index (κ1) is 48.3. The quantitative estimate of drug-likeness (QED) is 0.0574. The van der Waals surface area contributed by atoms with Gasteiger partial charge in [-0.05, 0) is 131 Å². The van der Waals surface area contributed by atoms with Gasteiger partial charge in [0.05, 0.1) is 32.5 Å². The smallest absolute Gasteiger partial charge is 0.293 e. The van der Waals surface area contributed by atoms with Crippen molar-refractivity contribution in [2.24, 2.45) is 11.3 Å². The third-order valence-corrected chi connectivity index (χ3v) is 16.4. The molecule has 9 rings (SSSR count). The molecule has 2 aliphatic carbocycles. The number of aromatic nitrogens is 2. The summed E-state index contributed by atoms with van der Waals surface area (Å²) in [6, 6.07) is 19.3. The number of benzene rings is 3. The van der Waals surface area contributed by atoms with Crippen LogP contribution in [0.5, 0.6) is 17.4 Å². The summed E-state index contributed by atoms with van der Waals surface area (Å²) >= 11 is 0. The molecule has 2 aliphatic heterocycles. The van der Waals surface area contributed by atoms with Gasteiger partial charge in [-0.25, -0.2) is 17.5 Å². The molecule has 1 spiro atoms. The Morgan fingerprint density at radius 2 is 1.72 bits per heavy atom. The number of hydrogen-bond donors (Lipinski definition) is 4. The number of amides is 1. The molecule has 1 amide bonds. The van der Waals surface area contributed by atoms with Gasteiger partial charge >= 0.3 is 0 Å². The van der Waals surface area contributed by atoms with E-state index >= 15 is 0 Å². The van der Waals surface area contributed by atoms with Gasteiger partial charge in [-0.15, -0.1) is 0 Å². The largest absolute Gasteiger partial charge is 0.472 e. The van der Waals surface area contributed by atoms with E-state index in [9.17, 15) is 32.8 Å². The monoisotopic (exact) mass is 965 g/mol. The molecule has 0 unspecified atom stereocenters. The molecule has 4 N–H and O–H groups in total. The Labute approximate surface area is 403 Å². The number of fused-ring (bicyclic) bond motifs is 1. The third-order valence-electron chi connectivity index (χ3n) is 15.0. The topological polar surface area (TPSA) is 192 Å². The predicted octanol–water partition coefficient (Wildman–Crippen LogP) is 10.0. The van der Waals surface area contributed by atoms with Crippen LogP contribution in [0, 0.1) is 27.3 Å². The van der Waals surface area contributed by atoms with E-state index in [2.05, 4.69) is 67.9 Å². The number of nitrogens with one attached hydrogen (secondary N) is 3. The molecule has 17 heteroatoms. The number of rotatable bonds is 15. The van der Waals surface area contributed by atoms with Crippen molar-refractivity contribution >= 4 is 44.0 Å². The van der Waals surface area contributed by atoms with E-state index in [1.165, 1.54) is 60.9 Å². The molecule has 2 saturated carbocycles. The highest BCUT2D eigenvalue weighted by molar-refractivity contribution is 7.90. The molecular weight excluding hydrogens is 902 g/mol. The number of nitro groups is 1. The van der Waals surface area contributed by atoms with E-state index in [1.54, 1.807) is 32.9 Å². The molecule has 2 saturated heterocycles. The molecule has 368 valence electrons. The van der Waals surface area contributed by atoms with Crippen LogP contribution in [0.4, 0.5) is 21.5 Å². The Bertz CT molecular complexity index is 2820. The average Bonchev–Trinajstić information content (AvgIpc) is 3.93. The number of aliphatic hydroxyl groups is 1. The fraction of sp³-hybridized carbons (Fsp3) is 0.500. The van der Waals surface area contributed by atoms with Crippen LogP contribution < -0.4 is 24.4 Å². The Balaban J connectivity index is 0.943. The summed E-state index contributed by atoms with van der Waals surface area (Å²) in [6.45, 7) is 14.0. The van der Waals surface area contributed by atoms with Crippen LogP contribution in [0.3, 0.4) is 0 Å². The van der Waals surface area contributed by atoms with E-state index in [0.29, 0.717) is 37.3 Å². The number of anilines is 2. The normalized spacial score (nSPS) is 22.8. The number of likely N-dealkylation sites (tertiary alicyclic amines) is 1. The zero-order valence-electron chi connectivity index (χ0n) is 40.1. The molecule has 0 radical (unpaired) electrons. The summed E-state index contributed by atoms with van der Waals surface area (Å²) in [5.74, 6) is -0.402. The predicted molar refractivity (Wildman–Crippen MR) is 264 cm³/mol. The number of halogens is 1. The molecule has 15 nitrogen and oxygen atoms in total. The number of H-pyrrole nitrogens is 1. The van der Waals surface area contributed by atoms with Gasteiger partial charge in [-0.1, -0.05) is 44.5 Å². The SMILES string of the molecule is CC(C)Oc1nc2[nH]cc(F)c2cc1Oc1cc(N2CCC3(CC2)CN([C@H]2CCC[C@H]2c2ccccc2C(C)C)C3)ccc1C(=O)NS(=O)(=O)c1ccc(NCC2CCC(C)(O)CC2)c([N+](=O)[O-])c1. The van der Waals surface area contributed by atoms with Gasteiger partial charge in [0.2, 0.25) is 0 Å². The molecular formula is C52H64FN7O8S. The van der Waals surface area contributed by atoms with Crippen molar-refractivity contribution in [3.05, 3.63) is 106 Å². The van der Waals surface area contributed by atoms with Gasteiger partial charge < -0.3 is 29.8 Å². The minimum atomic E-state index is -4.67. The molecule has 0 bridgehead atoms. The summed E-state index contributed by atoms with van der Waals surface area (Å²) in [4.78, 5) is 37.5. The van der Waals surface area contributed by atoms with E-state index in [-0.39, 0.29) is 57.1 Å². The van der Waals surface area contributed by atoms with Gasteiger partial charge in [0, 0.05) is 68.8 Å². The lowest BCUT2D eigenvalue weighted by Crippen LogP contribution is -2.63. The standard InChI is InChI=1S/C52H64FN7O8S/c1-32(2)37-9-6-7-10-38(37)39-11-8-12-44(39)59-30-52(31-59)21-23-58(24-22-52)35-13-15-40(46(25-35)68-47-27-41-42(53)29-55-48(41)56-50(47)67-33(3)4)49(61)57-69(65,66)36-14-16-43(45(26-36)60(63)64)54-28-34-17-19-51(5,62)20-18-34/h6-7,9-10,13-16,25-27,29,32-34,39,44,54,62H,8,11-12,17-24,28,30-31H2,1-5H3,(H,55,56)(H,57,61)/t34?,39-,44-,51?/m0/s1. The first-order valence-electron chi connectivity index (χ1n) is 24.4.